The summed E-state index contributed by atoms with van der Waals surface area (Å²) in [4.78, 5) is 15.7. The van der Waals surface area contributed by atoms with E-state index in [2.05, 4.69) is 4.90 Å². The number of amides is 1. The van der Waals surface area contributed by atoms with Crippen LogP contribution in [0.4, 0.5) is 0 Å². The van der Waals surface area contributed by atoms with Gasteiger partial charge in [0.1, 0.15) is 0 Å². The van der Waals surface area contributed by atoms with Crippen LogP contribution in [0.25, 0.3) is 0 Å². The summed E-state index contributed by atoms with van der Waals surface area (Å²) in [6.07, 6.45) is 2.01. The molecule has 2 rings (SSSR count). The zero-order valence-corrected chi connectivity index (χ0v) is 8.07. The van der Waals surface area contributed by atoms with E-state index in [9.17, 15) is 4.79 Å². The van der Waals surface area contributed by atoms with Crippen molar-refractivity contribution in [2.24, 2.45) is 5.73 Å². The molecule has 2 fully saturated rings. The molecule has 2 N–H and O–H groups in total. The fourth-order valence-electron chi connectivity index (χ4n) is 2.24. The molecule has 0 aromatic carbocycles. The SMILES string of the molecule is CN1CC[C@H](N2CC[C@@H](N)C2)C1=O. The second kappa shape index (κ2) is 3.27. The van der Waals surface area contributed by atoms with Gasteiger partial charge in [0, 0.05) is 32.7 Å². The van der Waals surface area contributed by atoms with Crippen molar-refractivity contribution in [3.63, 3.8) is 0 Å². The molecule has 2 atom stereocenters. The molecule has 0 unspecified atom stereocenters. The number of carbonyl (C=O) groups is 1. The molecule has 13 heavy (non-hydrogen) atoms. The molecule has 0 aromatic heterocycles. The molecule has 0 bridgehead atoms. The summed E-state index contributed by atoms with van der Waals surface area (Å²) in [5.74, 6) is 0.272. The third-order valence-electron chi connectivity index (χ3n) is 3.10. The Morgan fingerprint density at radius 1 is 1.38 bits per heavy atom. The van der Waals surface area contributed by atoms with Gasteiger partial charge in [0.2, 0.25) is 5.91 Å². The highest BCUT2D eigenvalue weighted by Gasteiger charge is 2.36. The Kier molecular flexibility index (Phi) is 2.26. The molecular weight excluding hydrogens is 166 g/mol. The summed E-state index contributed by atoms with van der Waals surface area (Å²) >= 11 is 0. The van der Waals surface area contributed by atoms with E-state index >= 15 is 0 Å². The Balaban J connectivity index is 1.98. The molecular formula is C9H17N3O. The van der Waals surface area contributed by atoms with Gasteiger partial charge < -0.3 is 10.6 Å². The second-order valence-corrected chi connectivity index (χ2v) is 4.11. The molecule has 0 aliphatic carbocycles. The van der Waals surface area contributed by atoms with Crippen molar-refractivity contribution < 1.29 is 4.79 Å². The topological polar surface area (TPSA) is 49.6 Å². The molecule has 1 amide bonds. The number of hydrogen-bond acceptors (Lipinski definition) is 3. The van der Waals surface area contributed by atoms with E-state index in [-0.39, 0.29) is 18.0 Å². The number of likely N-dealkylation sites (N-methyl/N-ethyl adjacent to an activating group) is 1. The second-order valence-electron chi connectivity index (χ2n) is 4.11. The van der Waals surface area contributed by atoms with Gasteiger partial charge in [-0.2, -0.15) is 0 Å². The number of carbonyl (C=O) groups excluding carboxylic acids is 1. The highest BCUT2D eigenvalue weighted by Crippen LogP contribution is 2.19. The van der Waals surface area contributed by atoms with Crippen molar-refractivity contribution in [3.8, 4) is 0 Å². The molecule has 2 aliphatic heterocycles. The van der Waals surface area contributed by atoms with Gasteiger partial charge in [0.15, 0.2) is 0 Å². The van der Waals surface area contributed by atoms with Crippen molar-refractivity contribution in [2.75, 3.05) is 26.7 Å². The predicted octanol–water partition coefficient (Wildman–Crippen LogP) is -0.750. The van der Waals surface area contributed by atoms with Gasteiger partial charge in [-0.25, -0.2) is 0 Å². The van der Waals surface area contributed by atoms with Crippen LogP contribution in [-0.4, -0.2) is 54.5 Å². The maximum absolute atomic E-state index is 11.6. The number of nitrogens with two attached hydrogens (primary N) is 1. The maximum atomic E-state index is 11.6. The number of hydrogen-bond donors (Lipinski definition) is 1. The molecule has 0 aromatic rings. The van der Waals surface area contributed by atoms with Gasteiger partial charge in [-0.1, -0.05) is 0 Å². The lowest BCUT2D eigenvalue weighted by molar-refractivity contribution is -0.130. The lowest BCUT2D eigenvalue weighted by Crippen LogP contribution is -2.40. The van der Waals surface area contributed by atoms with Crippen LogP contribution in [-0.2, 0) is 4.79 Å². The molecule has 74 valence electrons. The molecule has 2 heterocycles. The summed E-state index contributed by atoms with van der Waals surface area (Å²) in [7, 11) is 1.87. The van der Waals surface area contributed by atoms with E-state index in [0.29, 0.717) is 0 Å². The van der Waals surface area contributed by atoms with Crippen LogP contribution in [0.15, 0.2) is 0 Å². The first kappa shape index (κ1) is 8.97. The summed E-state index contributed by atoms with van der Waals surface area (Å²) in [5.41, 5.74) is 5.81. The Hall–Kier alpha value is -0.610. The van der Waals surface area contributed by atoms with Gasteiger partial charge >= 0.3 is 0 Å². The molecule has 4 heteroatoms. The first-order chi connectivity index (χ1) is 6.18. The average molecular weight is 183 g/mol. The van der Waals surface area contributed by atoms with E-state index in [1.807, 2.05) is 11.9 Å². The minimum absolute atomic E-state index is 0.124. The Morgan fingerprint density at radius 2 is 2.15 bits per heavy atom. The van der Waals surface area contributed by atoms with Crippen LogP contribution >= 0.6 is 0 Å². The molecule has 0 spiro atoms. The quantitative estimate of drug-likeness (QED) is 0.582. The lowest BCUT2D eigenvalue weighted by Gasteiger charge is -2.21. The van der Waals surface area contributed by atoms with Crippen LogP contribution < -0.4 is 5.73 Å². The first-order valence-electron chi connectivity index (χ1n) is 4.93. The van der Waals surface area contributed by atoms with Crippen LogP contribution in [0.5, 0.6) is 0 Å². The standard InChI is InChI=1S/C9H17N3O/c1-11-4-3-8(9(11)13)12-5-2-7(10)6-12/h7-8H,2-6,10H2,1H3/t7-,8+/m1/s1. The largest absolute Gasteiger partial charge is 0.344 e. The first-order valence-corrected chi connectivity index (χ1v) is 4.93. The normalized spacial score (nSPS) is 36.2. The van der Waals surface area contributed by atoms with E-state index in [1.54, 1.807) is 0 Å². The van der Waals surface area contributed by atoms with E-state index in [1.165, 1.54) is 0 Å². The van der Waals surface area contributed by atoms with Gasteiger partial charge in [-0.15, -0.1) is 0 Å². The van der Waals surface area contributed by atoms with Crippen molar-refractivity contribution in [3.05, 3.63) is 0 Å². The monoisotopic (exact) mass is 183 g/mol. The van der Waals surface area contributed by atoms with Crippen LogP contribution in [0.3, 0.4) is 0 Å². The van der Waals surface area contributed by atoms with Crippen LogP contribution in [0.2, 0.25) is 0 Å². The van der Waals surface area contributed by atoms with Gasteiger partial charge in [0.05, 0.1) is 6.04 Å². The van der Waals surface area contributed by atoms with Crippen molar-refractivity contribution >= 4 is 5.91 Å². The third-order valence-corrected chi connectivity index (χ3v) is 3.10. The number of nitrogens with zero attached hydrogens (tertiary/aromatic N) is 2. The van der Waals surface area contributed by atoms with Crippen molar-refractivity contribution in [1.29, 1.82) is 0 Å². The molecule has 4 nitrogen and oxygen atoms in total. The van der Waals surface area contributed by atoms with Crippen molar-refractivity contribution in [2.45, 2.75) is 24.9 Å². The fraction of sp³-hybridized carbons (Fsp3) is 0.889. The van der Waals surface area contributed by atoms with Gasteiger partial charge in [-0.05, 0) is 12.8 Å². The fourth-order valence-corrected chi connectivity index (χ4v) is 2.24. The van der Waals surface area contributed by atoms with Gasteiger partial charge in [0.25, 0.3) is 0 Å². The zero-order chi connectivity index (χ0) is 9.42. The lowest BCUT2D eigenvalue weighted by atomic mass is 10.2. The Labute approximate surface area is 78.7 Å². The minimum atomic E-state index is 0.124. The Morgan fingerprint density at radius 3 is 2.62 bits per heavy atom. The maximum Gasteiger partial charge on any atom is 0.239 e. The molecule has 0 radical (unpaired) electrons. The summed E-state index contributed by atoms with van der Waals surface area (Å²) in [6.45, 7) is 2.78. The number of likely N-dealkylation sites (tertiary alicyclic amines) is 2. The Bertz CT molecular complexity index is 219. The van der Waals surface area contributed by atoms with E-state index < -0.39 is 0 Å². The highest BCUT2D eigenvalue weighted by atomic mass is 16.2. The van der Waals surface area contributed by atoms with E-state index in [4.69, 9.17) is 5.73 Å². The molecule has 0 saturated carbocycles. The highest BCUT2D eigenvalue weighted by molar-refractivity contribution is 5.83. The summed E-state index contributed by atoms with van der Waals surface area (Å²) in [6, 6.07) is 0.400. The summed E-state index contributed by atoms with van der Waals surface area (Å²) < 4.78 is 0. The van der Waals surface area contributed by atoms with E-state index in [0.717, 1.165) is 32.5 Å². The van der Waals surface area contributed by atoms with Crippen LogP contribution in [0, 0.1) is 0 Å². The number of rotatable bonds is 1. The van der Waals surface area contributed by atoms with Crippen LogP contribution in [0.1, 0.15) is 12.8 Å². The minimum Gasteiger partial charge on any atom is -0.344 e. The van der Waals surface area contributed by atoms with Crippen molar-refractivity contribution in [1.82, 2.24) is 9.80 Å². The average Bonchev–Trinajstić information content (AvgIpc) is 2.62. The summed E-state index contributed by atoms with van der Waals surface area (Å²) in [5, 5.41) is 0. The zero-order valence-electron chi connectivity index (χ0n) is 8.07. The van der Waals surface area contributed by atoms with Gasteiger partial charge in [-0.3, -0.25) is 9.69 Å². The smallest absolute Gasteiger partial charge is 0.239 e. The molecule has 2 aliphatic rings. The predicted molar refractivity (Wildman–Crippen MR) is 50.2 cm³/mol. The molecule has 2 saturated heterocycles. The third kappa shape index (κ3) is 1.56.